The number of hydrogen-bond acceptors (Lipinski definition) is 6. The van der Waals surface area contributed by atoms with E-state index in [0.29, 0.717) is 31.3 Å². The molecule has 1 fully saturated rings. The summed E-state index contributed by atoms with van der Waals surface area (Å²) in [6.45, 7) is 3.94. The van der Waals surface area contributed by atoms with Crippen LogP contribution in [0, 0.1) is 11.8 Å². The molecule has 2 N–H and O–H groups in total. The summed E-state index contributed by atoms with van der Waals surface area (Å²) in [5.74, 6) is 1.67. The van der Waals surface area contributed by atoms with Crippen molar-refractivity contribution in [2.24, 2.45) is 11.8 Å². The fourth-order valence-corrected chi connectivity index (χ4v) is 4.51. The normalized spacial score (nSPS) is 18.4. The number of aromatic nitrogens is 2. The maximum atomic E-state index is 12.6. The summed E-state index contributed by atoms with van der Waals surface area (Å²) in [4.78, 5) is 18.9. The van der Waals surface area contributed by atoms with Crippen molar-refractivity contribution in [2.45, 2.75) is 38.9 Å². The largest absolute Gasteiger partial charge is 0.360 e. The molecular formula is C26H33N5O2. The molecule has 0 radical (unpaired) electrons. The Kier molecular flexibility index (Phi) is 8.22. The van der Waals surface area contributed by atoms with Gasteiger partial charge in [0.15, 0.2) is 5.76 Å². The molecule has 7 nitrogen and oxygen atoms in total. The number of piperidine rings is 1. The molecule has 7 heteroatoms. The third kappa shape index (κ3) is 7.23. The lowest BCUT2D eigenvalue weighted by Crippen LogP contribution is -2.40. The lowest BCUT2D eigenvalue weighted by atomic mass is 9.81. The minimum Gasteiger partial charge on any atom is -0.360 e. The van der Waals surface area contributed by atoms with Gasteiger partial charge in [-0.15, -0.1) is 0 Å². The van der Waals surface area contributed by atoms with Gasteiger partial charge in [-0.05, 0) is 62.0 Å². The van der Waals surface area contributed by atoms with Gasteiger partial charge in [-0.2, -0.15) is 0 Å². The van der Waals surface area contributed by atoms with Crippen molar-refractivity contribution < 1.29 is 9.32 Å². The van der Waals surface area contributed by atoms with Gasteiger partial charge in [0, 0.05) is 38.0 Å². The van der Waals surface area contributed by atoms with Crippen LogP contribution in [0.1, 0.15) is 35.4 Å². The van der Waals surface area contributed by atoms with E-state index in [2.05, 4.69) is 63.1 Å². The molecule has 1 amide bonds. The van der Waals surface area contributed by atoms with Crippen molar-refractivity contribution in [1.29, 1.82) is 0 Å². The van der Waals surface area contributed by atoms with Crippen molar-refractivity contribution in [2.75, 3.05) is 20.1 Å². The Morgan fingerprint density at radius 1 is 1.15 bits per heavy atom. The first-order valence-electron chi connectivity index (χ1n) is 11.7. The molecule has 0 unspecified atom stereocenters. The zero-order valence-electron chi connectivity index (χ0n) is 19.2. The molecule has 0 aliphatic carbocycles. The zero-order valence-corrected chi connectivity index (χ0v) is 19.2. The van der Waals surface area contributed by atoms with E-state index < -0.39 is 0 Å². The predicted octanol–water partition coefficient (Wildman–Crippen LogP) is 3.18. The lowest BCUT2D eigenvalue weighted by molar-refractivity contribution is -0.122. The second-order valence-corrected chi connectivity index (χ2v) is 9.00. The molecule has 1 aromatic carbocycles. The number of pyridine rings is 1. The second-order valence-electron chi connectivity index (χ2n) is 9.00. The Bertz CT molecular complexity index is 992. The van der Waals surface area contributed by atoms with Gasteiger partial charge in [-0.3, -0.25) is 14.7 Å². The number of amides is 1. The van der Waals surface area contributed by atoms with Gasteiger partial charge in [-0.1, -0.05) is 41.6 Å². The van der Waals surface area contributed by atoms with Crippen LogP contribution in [0.5, 0.6) is 0 Å². The zero-order chi connectivity index (χ0) is 22.9. The standard InChI is InChI=1S/C26H33N5O2/c1-31(18-20-6-3-2-4-7-20)19-25-14-24(30-33-25)12-23-17-28-11-9-22(23)13-26(32)29-16-21-8-5-10-27-15-21/h2-8,10,14-15,22-23,28H,9,11-13,16-19H2,1H3,(H,29,32)/t22-,23-/m0/s1. The van der Waals surface area contributed by atoms with Crippen molar-refractivity contribution in [3.63, 3.8) is 0 Å². The Balaban J connectivity index is 1.27. The first-order valence-corrected chi connectivity index (χ1v) is 11.7. The van der Waals surface area contributed by atoms with Gasteiger partial charge >= 0.3 is 0 Å². The minimum absolute atomic E-state index is 0.0964. The molecule has 3 aromatic rings. The number of carbonyl (C=O) groups is 1. The molecule has 2 atom stereocenters. The van der Waals surface area contributed by atoms with Crippen LogP contribution in [-0.2, 0) is 30.8 Å². The molecule has 174 valence electrons. The Labute approximate surface area is 195 Å². The molecular weight excluding hydrogens is 414 g/mol. The summed E-state index contributed by atoms with van der Waals surface area (Å²) in [5.41, 5.74) is 3.25. The molecule has 1 aliphatic heterocycles. The Hall–Kier alpha value is -3.03. The van der Waals surface area contributed by atoms with Crippen LogP contribution in [-0.4, -0.2) is 41.1 Å². The number of hydrogen-bond donors (Lipinski definition) is 2. The third-order valence-electron chi connectivity index (χ3n) is 6.23. The van der Waals surface area contributed by atoms with Crippen LogP contribution in [0.15, 0.2) is 65.4 Å². The van der Waals surface area contributed by atoms with Crippen molar-refractivity contribution >= 4 is 5.91 Å². The minimum atomic E-state index is 0.0964. The van der Waals surface area contributed by atoms with Gasteiger partial charge < -0.3 is 15.2 Å². The summed E-state index contributed by atoms with van der Waals surface area (Å²) < 4.78 is 5.62. The lowest BCUT2D eigenvalue weighted by Gasteiger charge is -2.31. The monoisotopic (exact) mass is 447 g/mol. The molecule has 2 aromatic heterocycles. The quantitative estimate of drug-likeness (QED) is 0.497. The average molecular weight is 448 g/mol. The van der Waals surface area contributed by atoms with Crippen molar-refractivity contribution in [3.8, 4) is 0 Å². The van der Waals surface area contributed by atoms with E-state index in [4.69, 9.17) is 4.52 Å². The van der Waals surface area contributed by atoms with Crippen LogP contribution in [0.4, 0.5) is 0 Å². The first-order chi connectivity index (χ1) is 16.2. The number of nitrogens with zero attached hydrogens (tertiary/aromatic N) is 3. The van der Waals surface area contributed by atoms with Gasteiger partial charge in [-0.25, -0.2) is 0 Å². The highest BCUT2D eigenvalue weighted by Crippen LogP contribution is 2.26. The molecule has 0 saturated carbocycles. The third-order valence-corrected chi connectivity index (χ3v) is 6.23. The number of rotatable bonds is 10. The molecule has 4 rings (SSSR count). The van der Waals surface area contributed by atoms with E-state index in [1.807, 2.05) is 18.2 Å². The highest BCUT2D eigenvalue weighted by Gasteiger charge is 2.28. The van der Waals surface area contributed by atoms with Gasteiger partial charge in [0.1, 0.15) is 0 Å². The van der Waals surface area contributed by atoms with Gasteiger partial charge in [0.25, 0.3) is 0 Å². The van der Waals surface area contributed by atoms with E-state index in [9.17, 15) is 4.79 Å². The van der Waals surface area contributed by atoms with Gasteiger partial charge in [0.2, 0.25) is 5.91 Å². The number of nitrogens with one attached hydrogen (secondary N) is 2. The summed E-state index contributed by atoms with van der Waals surface area (Å²) in [7, 11) is 2.08. The van der Waals surface area contributed by atoms with Crippen molar-refractivity contribution in [3.05, 3.63) is 83.5 Å². The number of carbonyl (C=O) groups excluding carboxylic acids is 1. The Morgan fingerprint density at radius 3 is 2.82 bits per heavy atom. The smallest absolute Gasteiger partial charge is 0.220 e. The van der Waals surface area contributed by atoms with Crippen LogP contribution < -0.4 is 10.6 Å². The molecule has 0 bridgehead atoms. The van der Waals surface area contributed by atoms with E-state index in [1.54, 1.807) is 12.4 Å². The topological polar surface area (TPSA) is 83.3 Å². The van der Waals surface area contributed by atoms with Crippen LogP contribution in [0.25, 0.3) is 0 Å². The SMILES string of the molecule is CN(Cc1ccccc1)Cc1cc(C[C@H]2CNCC[C@H]2CC(=O)NCc2cccnc2)no1. The fraction of sp³-hybridized carbons (Fsp3) is 0.423. The molecule has 1 aliphatic rings. The van der Waals surface area contributed by atoms with Crippen LogP contribution in [0.3, 0.4) is 0 Å². The second kappa shape index (κ2) is 11.7. The van der Waals surface area contributed by atoms with Crippen LogP contribution in [0.2, 0.25) is 0 Å². The summed E-state index contributed by atoms with van der Waals surface area (Å²) in [5, 5.41) is 10.8. The number of benzene rings is 1. The van der Waals surface area contributed by atoms with E-state index in [1.165, 1.54) is 5.56 Å². The molecule has 3 heterocycles. The summed E-state index contributed by atoms with van der Waals surface area (Å²) in [6, 6.07) is 16.3. The Morgan fingerprint density at radius 2 is 2.00 bits per heavy atom. The van der Waals surface area contributed by atoms with E-state index in [-0.39, 0.29) is 5.91 Å². The summed E-state index contributed by atoms with van der Waals surface area (Å²) >= 11 is 0. The highest BCUT2D eigenvalue weighted by atomic mass is 16.5. The highest BCUT2D eigenvalue weighted by molar-refractivity contribution is 5.76. The maximum absolute atomic E-state index is 12.6. The van der Waals surface area contributed by atoms with E-state index in [0.717, 1.165) is 49.5 Å². The first kappa shape index (κ1) is 23.1. The fourth-order valence-electron chi connectivity index (χ4n) is 4.51. The van der Waals surface area contributed by atoms with Crippen molar-refractivity contribution in [1.82, 2.24) is 25.7 Å². The molecule has 1 saturated heterocycles. The molecule has 33 heavy (non-hydrogen) atoms. The maximum Gasteiger partial charge on any atom is 0.220 e. The average Bonchev–Trinajstić information content (AvgIpc) is 3.27. The predicted molar refractivity (Wildman–Crippen MR) is 127 cm³/mol. The summed E-state index contributed by atoms with van der Waals surface area (Å²) in [6.07, 6.45) is 5.88. The van der Waals surface area contributed by atoms with E-state index >= 15 is 0 Å². The van der Waals surface area contributed by atoms with Crippen LogP contribution >= 0.6 is 0 Å². The van der Waals surface area contributed by atoms with Gasteiger partial charge in [0.05, 0.1) is 12.2 Å². The molecule has 0 spiro atoms.